The molecule has 2 unspecified atom stereocenters. The molecule has 0 spiro atoms. The molecule has 200 valence electrons. The summed E-state index contributed by atoms with van der Waals surface area (Å²) in [6.45, 7) is 0.0948. The highest BCUT2D eigenvalue weighted by atomic mass is 19.1. The van der Waals surface area contributed by atoms with Gasteiger partial charge in [-0.2, -0.15) is 0 Å². The summed E-state index contributed by atoms with van der Waals surface area (Å²) in [6.07, 6.45) is 1.57. The number of hydrogen-bond donors (Lipinski definition) is 0. The minimum atomic E-state index is -1.08. The number of rotatable bonds is 5. The fraction of sp³-hybridized carbons (Fsp3) is 0.345. The molecule has 2 amide bonds. The highest BCUT2D eigenvalue weighted by molar-refractivity contribution is 6.01. The molecule has 1 aromatic heterocycles. The lowest BCUT2D eigenvalue weighted by Gasteiger charge is -2.20. The van der Waals surface area contributed by atoms with Crippen molar-refractivity contribution in [1.82, 2.24) is 15.3 Å². The fourth-order valence-electron chi connectivity index (χ4n) is 5.96. The minimum absolute atomic E-state index is 0.00684. The smallest absolute Gasteiger partial charge is 0.432 e. The molecule has 39 heavy (non-hydrogen) atoms. The summed E-state index contributed by atoms with van der Waals surface area (Å²) in [7, 11) is 0. The highest BCUT2D eigenvalue weighted by Gasteiger charge is 2.50. The Labute approximate surface area is 222 Å². The number of ether oxygens (including phenoxy) is 1. The van der Waals surface area contributed by atoms with Crippen molar-refractivity contribution in [3.8, 4) is 22.5 Å². The molecule has 1 aliphatic heterocycles. The number of nitrogens with zero attached hydrogens (tertiary/aromatic N) is 3. The molecule has 0 N–H and O–H groups in total. The third-order valence-electron chi connectivity index (χ3n) is 7.97. The topological polar surface area (TPSA) is 98.7 Å². The summed E-state index contributed by atoms with van der Waals surface area (Å²) in [5.41, 5.74) is 3.32. The van der Waals surface area contributed by atoms with E-state index in [2.05, 4.69) is 10.2 Å². The third kappa shape index (κ3) is 4.75. The van der Waals surface area contributed by atoms with Gasteiger partial charge in [0, 0.05) is 24.0 Å². The SMILES string of the molecule is O=C(OCC1C2CCc3c(-c4ccccc4F)nnc(-c4ccccc4F)c3CCC21)ON1C(=O)CCC1=O. The lowest BCUT2D eigenvalue weighted by Crippen LogP contribution is -2.32. The maximum atomic E-state index is 14.8. The number of aromatic nitrogens is 2. The first-order chi connectivity index (χ1) is 18.9. The van der Waals surface area contributed by atoms with Crippen LogP contribution < -0.4 is 0 Å². The van der Waals surface area contributed by atoms with Crippen molar-refractivity contribution in [2.75, 3.05) is 6.61 Å². The number of carbonyl (C=O) groups is 3. The number of carbonyl (C=O) groups excluding carboxylic acids is 3. The summed E-state index contributed by atoms with van der Waals surface area (Å²) >= 11 is 0. The van der Waals surface area contributed by atoms with Crippen LogP contribution >= 0.6 is 0 Å². The zero-order chi connectivity index (χ0) is 27.1. The van der Waals surface area contributed by atoms with Gasteiger partial charge in [0.05, 0.1) is 18.0 Å². The van der Waals surface area contributed by atoms with Gasteiger partial charge in [0.2, 0.25) is 0 Å². The molecule has 1 saturated carbocycles. The highest BCUT2D eigenvalue weighted by Crippen LogP contribution is 2.54. The van der Waals surface area contributed by atoms with Crippen LogP contribution in [-0.4, -0.2) is 39.8 Å². The van der Waals surface area contributed by atoms with Crippen LogP contribution in [-0.2, 0) is 32.0 Å². The van der Waals surface area contributed by atoms with Crippen LogP contribution in [0.1, 0.15) is 36.8 Å². The maximum absolute atomic E-state index is 14.8. The van der Waals surface area contributed by atoms with E-state index < -0.39 is 29.6 Å². The Hall–Kier alpha value is -4.21. The fourth-order valence-corrected chi connectivity index (χ4v) is 5.96. The van der Waals surface area contributed by atoms with Gasteiger partial charge in [0.25, 0.3) is 11.8 Å². The Morgan fingerprint density at radius 3 is 1.77 bits per heavy atom. The average Bonchev–Trinajstić information content (AvgIpc) is 3.49. The Morgan fingerprint density at radius 2 is 1.28 bits per heavy atom. The molecule has 3 aliphatic rings. The van der Waals surface area contributed by atoms with E-state index in [4.69, 9.17) is 9.57 Å². The Morgan fingerprint density at radius 1 is 0.795 bits per heavy atom. The van der Waals surface area contributed by atoms with Crippen LogP contribution in [0, 0.1) is 29.4 Å². The second-order valence-corrected chi connectivity index (χ2v) is 10.1. The van der Waals surface area contributed by atoms with Gasteiger partial charge in [-0.25, -0.2) is 13.6 Å². The van der Waals surface area contributed by atoms with E-state index in [-0.39, 0.29) is 37.2 Å². The molecule has 2 fully saturated rings. The number of hydrogen-bond acceptors (Lipinski definition) is 7. The lowest BCUT2D eigenvalue weighted by molar-refractivity contribution is -0.177. The van der Waals surface area contributed by atoms with E-state index in [1.807, 2.05) is 0 Å². The lowest BCUT2D eigenvalue weighted by atomic mass is 9.88. The molecular weight excluding hydrogens is 508 g/mol. The van der Waals surface area contributed by atoms with E-state index in [0.29, 0.717) is 40.4 Å². The Balaban J connectivity index is 1.23. The Kier molecular flexibility index (Phi) is 6.54. The number of hydroxylamine groups is 2. The van der Waals surface area contributed by atoms with Crippen molar-refractivity contribution < 1.29 is 32.7 Å². The molecular formula is C29H25F2N3O5. The van der Waals surface area contributed by atoms with Crippen LogP contribution in [0.5, 0.6) is 0 Å². The molecule has 10 heteroatoms. The monoisotopic (exact) mass is 533 g/mol. The number of fused-ring (bicyclic) bond motifs is 2. The zero-order valence-corrected chi connectivity index (χ0v) is 20.9. The number of imide groups is 1. The third-order valence-corrected chi connectivity index (χ3v) is 7.97. The van der Waals surface area contributed by atoms with Crippen LogP contribution in [0.3, 0.4) is 0 Å². The summed E-state index contributed by atoms with van der Waals surface area (Å²) in [6, 6.07) is 12.8. The average molecular weight is 534 g/mol. The van der Waals surface area contributed by atoms with Crippen molar-refractivity contribution in [2.45, 2.75) is 38.5 Å². The van der Waals surface area contributed by atoms with Crippen LogP contribution in [0.2, 0.25) is 0 Å². The molecule has 2 aliphatic carbocycles. The molecule has 2 heterocycles. The second kappa shape index (κ2) is 10.2. The zero-order valence-electron chi connectivity index (χ0n) is 20.9. The minimum Gasteiger partial charge on any atom is -0.432 e. The number of amides is 2. The maximum Gasteiger partial charge on any atom is 0.533 e. The summed E-state index contributed by atoms with van der Waals surface area (Å²) in [5, 5.41) is 9.24. The predicted molar refractivity (Wildman–Crippen MR) is 133 cm³/mol. The molecule has 0 bridgehead atoms. The van der Waals surface area contributed by atoms with Gasteiger partial charge in [-0.3, -0.25) is 14.4 Å². The molecule has 6 rings (SSSR count). The molecule has 2 atom stereocenters. The van der Waals surface area contributed by atoms with E-state index in [1.54, 1.807) is 36.4 Å². The van der Waals surface area contributed by atoms with Gasteiger partial charge >= 0.3 is 6.16 Å². The van der Waals surface area contributed by atoms with E-state index in [0.717, 1.165) is 24.0 Å². The van der Waals surface area contributed by atoms with Gasteiger partial charge in [-0.05, 0) is 78.8 Å². The quantitative estimate of drug-likeness (QED) is 0.334. The van der Waals surface area contributed by atoms with Crippen LogP contribution in [0.25, 0.3) is 22.5 Å². The van der Waals surface area contributed by atoms with Gasteiger partial charge in [-0.1, -0.05) is 29.3 Å². The molecule has 2 aromatic carbocycles. The normalized spacial score (nSPS) is 22.0. The summed E-state index contributed by atoms with van der Waals surface area (Å²) in [4.78, 5) is 40.3. The van der Waals surface area contributed by atoms with Crippen molar-refractivity contribution in [3.63, 3.8) is 0 Å². The first-order valence-electron chi connectivity index (χ1n) is 13.0. The number of benzene rings is 2. The van der Waals surface area contributed by atoms with Crippen molar-refractivity contribution in [1.29, 1.82) is 0 Å². The van der Waals surface area contributed by atoms with Crippen molar-refractivity contribution in [3.05, 3.63) is 71.3 Å². The number of halogens is 2. The van der Waals surface area contributed by atoms with E-state index >= 15 is 0 Å². The predicted octanol–water partition coefficient (Wildman–Crippen LogP) is 5.05. The summed E-state index contributed by atoms with van der Waals surface area (Å²) in [5.74, 6) is -1.34. The molecule has 0 radical (unpaired) electrons. The van der Waals surface area contributed by atoms with Crippen molar-refractivity contribution >= 4 is 18.0 Å². The van der Waals surface area contributed by atoms with Crippen LogP contribution in [0.4, 0.5) is 13.6 Å². The van der Waals surface area contributed by atoms with Gasteiger partial charge < -0.3 is 4.74 Å². The van der Waals surface area contributed by atoms with Gasteiger partial charge in [0.15, 0.2) is 0 Å². The molecule has 8 nitrogen and oxygen atoms in total. The Bertz CT molecular complexity index is 1380. The van der Waals surface area contributed by atoms with Crippen molar-refractivity contribution in [2.24, 2.45) is 17.8 Å². The largest absolute Gasteiger partial charge is 0.533 e. The van der Waals surface area contributed by atoms with E-state index in [1.165, 1.54) is 12.1 Å². The molecule has 1 saturated heterocycles. The van der Waals surface area contributed by atoms with Gasteiger partial charge in [0.1, 0.15) is 11.6 Å². The second-order valence-electron chi connectivity index (χ2n) is 10.1. The van der Waals surface area contributed by atoms with E-state index in [9.17, 15) is 23.2 Å². The standard InChI is InChI=1S/C29H25F2N3O5/c30-23-7-3-1-5-20(23)27-18-11-9-16-17(22(16)15-38-29(37)39-34-25(35)13-14-26(34)36)10-12-19(18)28(33-32-27)21-6-2-4-8-24(21)31/h1-8,16-17,22H,9-15H2. The van der Waals surface area contributed by atoms with Gasteiger partial charge in [-0.15, -0.1) is 10.2 Å². The summed E-state index contributed by atoms with van der Waals surface area (Å²) < 4.78 is 34.9. The molecule has 3 aromatic rings. The van der Waals surface area contributed by atoms with Crippen LogP contribution in [0.15, 0.2) is 48.5 Å². The first-order valence-corrected chi connectivity index (χ1v) is 13.0. The first kappa shape index (κ1) is 25.1.